The zero-order chi connectivity index (χ0) is 19.4. The third kappa shape index (κ3) is 4.30. The van der Waals surface area contributed by atoms with Crippen molar-refractivity contribution in [2.24, 2.45) is 5.92 Å². The van der Waals surface area contributed by atoms with Gasteiger partial charge < -0.3 is 14.2 Å². The van der Waals surface area contributed by atoms with Gasteiger partial charge in [0, 0.05) is 26.9 Å². The fourth-order valence-corrected chi connectivity index (χ4v) is 2.67. The number of rotatable bonds is 8. The average Bonchev–Trinajstić information content (AvgIpc) is 3.28. The highest BCUT2D eigenvalue weighted by Crippen LogP contribution is 2.23. The second-order valence-corrected chi connectivity index (χ2v) is 6.82. The van der Waals surface area contributed by atoms with E-state index in [4.69, 9.17) is 9.26 Å². The minimum Gasteiger partial charge on any atom is -0.374 e. The van der Waals surface area contributed by atoms with Crippen molar-refractivity contribution in [2.75, 3.05) is 19.1 Å². The maximum absolute atomic E-state index is 5.34. The van der Waals surface area contributed by atoms with Crippen molar-refractivity contribution in [2.45, 2.75) is 40.0 Å². The standard InChI is InChI=1S/C18H25N7O2/c1-12(2)10-25-17(14-8-6-7-9-19-14)21-22-18(25)24(4)11-15-20-16(23-27-15)13(3)26-5/h6-9,12-13H,10-11H2,1-5H3/t13-/m1/s1. The van der Waals surface area contributed by atoms with Gasteiger partial charge in [-0.05, 0) is 25.0 Å². The molecule has 0 fully saturated rings. The maximum atomic E-state index is 5.34. The van der Waals surface area contributed by atoms with Crippen LogP contribution in [0.4, 0.5) is 5.95 Å². The second-order valence-electron chi connectivity index (χ2n) is 6.82. The van der Waals surface area contributed by atoms with Crippen LogP contribution in [-0.2, 0) is 17.8 Å². The van der Waals surface area contributed by atoms with Crippen molar-refractivity contribution >= 4 is 5.95 Å². The van der Waals surface area contributed by atoms with E-state index in [0.29, 0.717) is 24.2 Å². The Morgan fingerprint density at radius 3 is 2.70 bits per heavy atom. The van der Waals surface area contributed by atoms with Crippen molar-refractivity contribution in [1.29, 1.82) is 0 Å². The van der Waals surface area contributed by atoms with Crippen LogP contribution in [-0.4, -0.2) is 44.0 Å². The average molecular weight is 371 g/mol. The van der Waals surface area contributed by atoms with E-state index in [9.17, 15) is 0 Å². The first-order valence-electron chi connectivity index (χ1n) is 8.90. The molecular formula is C18H25N7O2. The topological polar surface area (TPSA) is 95.0 Å². The summed E-state index contributed by atoms with van der Waals surface area (Å²) in [5, 5.41) is 12.7. The highest BCUT2D eigenvalue weighted by atomic mass is 16.5. The van der Waals surface area contributed by atoms with Crippen LogP contribution in [0, 0.1) is 5.92 Å². The van der Waals surface area contributed by atoms with Gasteiger partial charge in [0.2, 0.25) is 11.8 Å². The summed E-state index contributed by atoms with van der Waals surface area (Å²) in [7, 11) is 3.53. The largest absolute Gasteiger partial charge is 0.374 e. The van der Waals surface area contributed by atoms with Crippen molar-refractivity contribution in [3.05, 3.63) is 36.1 Å². The molecular weight excluding hydrogens is 346 g/mol. The molecule has 9 nitrogen and oxygen atoms in total. The van der Waals surface area contributed by atoms with Crippen LogP contribution in [0.25, 0.3) is 11.5 Å². The molecule has 0 saturated carbocycles. The summed E-state index contributed by atoms with van der Waals surface area (Å²) < 4.78 is 12.6. The van der Waals surface area contributed by atoms with Gasteiger partial charge in [0.05, 0.1) is 6.54 Å². The van der Waals surface area contributed by atoms with Crippen molar-refractivity contribution in [3.8, 4) is 11.5 Å². The molecule has 144 valence electrons. The van der Waals surface area contributed by atoms with Gasteiger partial charge in [-0.1, -0.05) is 25.1 Å². The summed E-state index contributed by atoms with van der Waals surface area (Å²) in [6.45, 7) is 7.37. The van der Waals surface area contributed by atoms with Gasteiger partial charge in [-0.25, -0.2) is 0 Å². The third-order valence-electron chi connectivity index (χ3n) is 4.09. The van der Waals surface area contributed by atoms with E-state index in [0.717, 1.165) is 24.0 Å². The number of methoxy groups -OCH3 is 1. The van der Waals surface area contributed by atoms with Gasteiger partial charge in [-0.15, -0.1) is 10.2 Å². The summed E-state index contributed by atoms with van der Waals surface area (Å²) in [5.41, 5.74) is 0.791. The monoisotopic (exact) mass is 371 g/mol. The van der Waals surface area contributed by atoms with E-state index in [1.165, 1.54) is 0 Å². The summed E-state index contributed by atoms with van der Waals surface area (Å²) in [6, 6.07) is 5.76. The molecule has 1 atom stereocenters. The lowest BCUT2D eigenvalue weighted by Crippen LogP contribution is -2.22. The zero-order valence-corrected chi connectivity index (χ0v) is 16.3. The van der Waals surface area contributed by atoms with Crippen LogP contribution in [0.15, 0.2) is 28.9 Å². The molecule has 0 bridgehead atoms. The van der Waals surface area contributed by atoms with Crippen molar-refractivity contribution in [3.63, 3.8) is 0 Å². The van der Waals surface area contributed by atoms with Crippen LogP contribution in [0.3, 0.4) is 0 Å². The molecule has 3 heterocycles. The summed E-state index contributed by atoms with van der Waals surface area (Å²) >= 11 is 0. The van der Waals surface area contributed by atoms with Gasteiger partial charge in [0.15, 0.2) is 11.6 Å². The normalized spacial score (nSPS) is 12.5. The first-order chi connectivity index (χ1) is 13.0. The number of hydrogen-bond acceptors (Lipinski definition) is 8. The van der Waals surface area contributed by atoms with Gasteiger partial charge in [-0.3, -0.25) is 9.55 Å². The SMILES string of the molecule is CO[C@H](C)c1noc(CN(C)c2nnc(-c3ccccn3)n2CC(C)C)n1. The van der Waals surface area contributed by atoms with Gasteiger partial charge in [0.1, 0.15) is 11.8 Å². The molecule has 0 aliphatic carbocycles. The minimum atomic E-state index is -0.215. The van der Waals surface area contributed by atoms with E-state index < -0.39 is 0 Å². The van der Waals surface area contributed by atoms with Crippen molar-refractivity contribution < 1.29 is 9.26 Å². The Bertz CT molecular complexity index is 860. The number of nitrogens with zero attached hydrogens (tertiary/aromatic N) is 7. The van der Waals surface area contributed by atoms with E-state index in [2.05, 4.69) is 43.7 Å². The highest BCUT2D eigenvalue weighted by molar-refractivity contribution is 5.52. The molecule has 0 amide bonds. The highest BCUT2D eigenvalue weighted by Gasteiger charge is 2.21. The Labute approximate surface area is 158 Å². The first-order valence-corrected chi connectivity index (χ1v) is 8.90. The molecule has 0 radical (unpaired) electrons. The van der Waals surface area contributed by atoms with Crippen molar-refractivity contribution in [1.82, 2.24) is 29.9 Å². The summed E-state index contributed by atoms with van der Waals surface area (Å²) in [4.78, 5) is 10.7. The Kier molecular flexibility index (Phi) is 5.80. The smallest absolute Gasteiger partial charge is 0.246 e. The summed E-state index contributed by atoms with van der Waals surface area (Å²) in [6.07, 6.45) is 1.54. The zero-order valence-electron chi connectivity index (χ0n) is 16.3. The van der Waals surface area contributed by atoms with Gasteiger partial charge in [0.25, 0.3) is 0 Å². The minimum absolute atomic E-state index is 0.215. The Morgan fingerprint density at radius 1 is 1.22 bits per heavy atom. The van der Waals surface area contributed by atoms with E-state index >= 15 is 0 Å². The van der Waals surface area contributed by atoms with Crippen LogP contribution >= 0.6 is 0 Å². The molecule has 3 rings (SSSR count). The van der Waals surface area contributed by atoms with Crippen LogP contribution in [0.2, 0.25) is 0 Å². The first kappa shape index (κ1) is 19.0. The molecule has 0 aliphatic rings. The number of pyridine rings is 1. The van der Waals surface area contributed by atoms with E-state index in [1.54, 1.807) is 13.3 Å². The predicted octanol–water partition coefficient (Wildman–Crippen LogP) is 2.72. The van der Waals surface area contributed by atoms with Gasteiger partial charge >= 0.3 is 0 Å². The Balaban J connectivity index is 1.86. The molecule has 0 saturated heterocycles. The molecule has 3 aromatic rings. The molecule has 0 aliphatic heterocycles. The quantitative estimate of drug-likeness (QED) is 0.596. The molecule has 3 aromatic heterocycles. The lowest BCUT2D eigenvalue weighted by molar-refractivity contribution is 0.109. The van der Waals surface area contributed by atoms with Gasteiger partial charge in [-0.2, -0.15) is 4.98 Å². The Morgan fingerprint density at radius 2 is 2.04 bits per heavy atom. The molecule has 9 heteroatoms. The third-order valence-corrected chi connectivity index (χ3v) is 4.09. The lowest BCUT2D eigenvalue weighted by Gasteiger charge is -2.19. The molecule has 0 spiro atoms. The van der Waals surface area contributed by atoms with E-state index in [1.807, 2.05) is 37.1 Å². The van der Waals surface area contributed by atoms with Crippen LogP contribution in [0.5, 0.6) is 0 Å². The lowest BCUT2D eigenvalue weighted by atomic mass is 10.2. The number of anilines is 1. The molecule has 0 aromatic carbocycles. The second kappa shape index (κ2) is 8.26. The maximum Gasteiger partial charge on any atom is 0.246 e. The molecule has 0 N–H and O–H groups in total. The number of ether oxygens (including phenoxy) is 1. The van der Waals surface area contributed by atoms with Crippen LogP contribution in [0.1, 0.15) is 38.6 Å². The fourth-order valence-electron chi connectivity index (χ4n) is 2.67. The molecule has 27 heavy (non-hydrogen) atoms. The number of hydrogen-bond donors (Lipinski definition) is 0. The Hall–Kier alpha value is -2.81. The number of aromatic nitrogens is 6. The van der Waals surface area contributed by atoms with Crippen LogP contribution < -0.4 is 4.90 Å². The summed E-state index contributed by atoms with van der Waals surface area (Å²) in [5.74, 6) is 2.91. The molecule has 0 unspecified atom stereocenters. The van der Waals surface area contributed by atoms with E-state index in [-0.39, 0.29) is 6.10 Å². The fraction of sp³-hybridized carbons (Fsp3) is 0.500. The predicted molar refractivity (Wildman–Crippen MR) is 99.9 cm³/mol.